The topological polar surface area (TPSA) is 242 Å². The van der Waals surface area contributed by atoms with Gasteiger partial charge in [-0.1, -0.05) is 6.92 Å². The third-order valence-corrected chi connectivity index (χ3v) is 5.43. The second kappa shape index (κ2) is 16.4. The summed E-state index contributed by atoms with van der Waals surface area (Å²) < 4.78 is 15.1. The van der Waals surface area contributed by atoms with Crippen LogP contribution in [0.1, 0.15) is 74.7 Å². The van der Waals surface area contributed by atoms with Crippen LogP contribution < -0.4 is 27.0 Å². The third-order valence-electron chi connectivity index (χ3n) is 5.43. The van der Waals surface area contributed by atoms with Crippen LogP contribution >= 0.6 is 0 Å². The second-order valence-corrected chi connectivity index (χ2v) is 11.6. The molecular formula is C26H45N5O11. The number of hydrogen-bond acceptors (Lipinski definition) is 10. The smallest absolute Gasteiger partial charge is 0.408 e. The Morgan fingerprint density at radius 1 is 0.738 bits per heavy atom. The number of carboxylic acids is 1. The number of methoxy groups -OCH3 is 1. The zero-order valence-electron chi connectivity index (χ0n) is 25.6. The summed E-state index contributed by atoms with van der Waals surface area (Å²) in [4.78, 5) is 85.5. The van der Waals surface area contributed by atoms with Crippen LogP contribution in [0.5, 0.6) is 0 Å². The molecule has 0 aromatic heterocycles. The van der Waals surface area contributed by atoms with E-state index in [4.69, 9.17) is 19.9 Å². The third kappa shape index (κ3) is 15.0. The lowest BCUT2D eigenvalue weighted by Gasteiger charge is -2.26. The lowest BCUT2D eigenvalue weighted by Crippen LogP contribution is -2.57. The van der Waals surface area contributed by atoms with Crippen LogP contribution in [-0.4, -0.2) is 89.4 Å². The number of aliphatic carboxylic acids is 1. The summed E-state index contributed by atoms with van der Waals surface area (Å²) in [6.45, 7) is 12.3. The summed E-state index contributed by atoms with van der Waals surface area (Å²) >= 11 is 0. The summed E-state index contributed by atoms with van der Waals surface area (Å²) in [5, 5.41) is 18.7. The minimum atomic E-state index is -1.64. The molecule has 0 bridgehead atoms. The molecule has 0 aliphatic carbocycles. The number of nitrogens with two attached hydrogens (primary N) is 1. The molecule has 16 nitrogen and oxygen atoms in total. The van der Waals surface area contributed by atoms with E-state index in [0.717, 1.165) is 7.11 Å². The molecule has 42 heavy (non-hydrogen) atoms. The maximum absolute atomic E-state index is 13.1. The Morgan fingerprint density at radius 2 is 1.19 bits per heavy atom. The summed E-state index contributed by atoms with van der Waals surface area (Å²) in [6.07, 6.45) is -1.77. The molecule has 0 aliphatic rings. The molecule has 0 rings (SSSR count). The number of nitrogens with one attached hydrogen (secondary N) is 4. The maximum Gasteiger partial charge on any atom is 0.408 e. The molecule has 1 unspecified atom stereocenters. The van der Waals surface area contributed by atoms with Gasteiger partial charge in [-0.25, -0.2) is 19.2 Å². The number of ether oxygens (including phenoxy) is 3. The molecule has 0 aromatic carbocycles. The Kier molecular flexibility index (Phi) is 14.8. The predicted octanol–water partition coefficient (Wildman–Crippen LogP) is 0.312. The number of hydrogen-bond donors (Lipinski definition) is 6. The average Bonchev–Trinajstić information content (AvgIpc) is 2.82. The Labute approximate surface area is 245 Å². The van der Waals surface area contributed by atoms with Gasteiger partial charge >= 0.3 is 24.1 Å². The molecule has 7 N–H and O–H groups in total. The van der Waals surface area contributed by atoms with Crippen molar-refractivity contribution >= 4 is 41.8 Å². The van der Waals surface area contributed by atoms with Gasteiger partial charge in [-0.05, 0) is 67.7 Å². The highest BCUT2D eigenvalue weighted by Gasteiger charge is 2.33. The standard InChI is InChI=1S/C26H45N5O11/c1-13(18(27)32)17(21(35)36)31-19(33)14(2)28-20(34)15(29-23(38)41-25(3,4)5)11-10-12-16(22(37)40-9)30-24(39)42-26(6,7)8/h13-17H,10-12H2,1-9H3,(H2,27,32)(H,28,34)(H,29,38)(H,30,39)(H,31,33)(H,35,36)/t13?,14-,15-,16+,17+/m0/s1. The van der Waals surface area contributed by atoms with E-state index in [9.17, 15) is 38.7 Å². The van der Waals surface area contributed by atoms with Crippen molar-refractivity contribution in [1.82, 2.24) is 21.3 Å². The molecule has 0 fully saturated rings. The minimum Gasteiger partial charge on any atom is -0.480 e. The molecule has 0 saturated heterocycles. The minimum absolute atomic E-state index is 0.00691. The SMILES string of the molecule is COC(=O)[C@@H](CCC[C@H](NC(=O)OC(C)(C)C)C(=O)N[C@@H](C)C(=O)N[C@@H](C(=O)O)C(C)C(N)=O)NC(=O)OC(C)(C)C. The first kappa shape index (κ1) is 37.9. The van der Waals surface area contributed by atoms with Gasteiger partial charge in [0.05, 0.1) is 13.0 Å². The lowest BCUT2D eigenvalue weighted by atomic mass is 10.0. The fraction of sp³-hybridized carbons (Fsp3) is 0.731. The van der Waals surface area contributed by atoms with E-state index in [1.54, 1.807) is 41.5 Å². The van der Waals surface area contributed by atoms with Gasteiger partial charge in [-0.15, -0.1) is 0 Å². The van der Waals surface area contributed by atoms with Gasteiger partial charge in [0.1, 0.15) is 35.4 Å². The van der Waals surface area contributed by atoms with Crippen LogP contribution in [0.25, 0.3) is 0 Å². The molecule has 0 heterocycles. The van der Waals surface area contributed by atoms with Gasteiger partial charge in [0.2, 0.25) is 17.7 Å². The van der Waals surface area contributed by atoms with Crippen LogP contribution in [0.4, 0.5) is 9.59 Å². The van der Waals surface area contributed by atoms with Crippen molar-refractivity contribution in [1.29, 1.82) is 0 Å². The van der Waals surface area contributed by atoms with Crippen molar-refractivity contribution in [2.24, 2.45) is 11.7 Å². The quantitative estimate of drug-likeness (QED) is 0.117. The number of rotatable bonds is 14. The van der Waals surface area contributed by atoms with Crippen molar-refractivity contribution in [3.63, 3.8) is 0 Å². The molecule has 16 heteroatoms. The zero-order chi connectivity index (χ0) is 33.0. The molecule has 240 valence electrons. The van der Waals surface area contributed by atoms with E-state index in [0.29, 0.717) is 0 Å². The van der Waals surface area contributed by atoms with E-state index in [1.165, 1.54) is 13.8 Å². The van der Waals surface area contributed by atoms with Crippen LogP contribution in [0.3, 0.4) is 0 Å². The largest absolute Gasteiger partial charge is 0.480 e. The van der Waals surface area contributed by atoms with Crippen LogP contribution in [0.15, 0.2) is 0 Å². The fourth-order valence-electron chi connectivity index (χ4n) is 3.31. The molecule has 0 aromatic rings. The molecule has 5 atom stereocenters. The molecule has 0 radical (unpaired) electrons. The highest BCUT2D eigenvalue weighted by molar-refractivity contribution is 5.94. The summed E-state index contributed by atoms with van der Waals surface area (Å²) in [6, 6.07) is -5.33. The van der Waals surface area contributed by atoms with Crippen molar-refractivity contribution in [3.05, 3.63) is 0 Å². The first-order valence-electron chi connectivity index (χ1n) is 13.3. The fourth-order valence-corrected chi connectivity index (χ4v) is 3.31. The van der Waals surface area contributed by atoms with Gasteiger partial charge in [-0.2, -0.15) is 0 Å². The second-order valence-electron chi connectivity index (χ2n) is 11.6. The Morgan fingerprint density at radius 3 is 1.60 bits per heavy atom. The van der Waals surface area contributed by atoms with Gasteiger partial charge in [0.25, 0.3) is 0 Å². The van der Waals surface area contributed by atoms with E-state index >= 15 is 0 Å². The van der Waals surface area contributed by atoms with Gasteiger partial charge in [0.15, 0.2) is 0 Å². The van der Waals surface area contributed by atoms with E-state index in [-0.39, 0.29) is 19.3 Å². The monoisotopic (exact) mass is 603 g/mol. The molecule has 0 saturated carbocycles. The first-order valence-corrected chi connectivity index (χ1v) is 13.3. The Balaban J connectivity index is 5.63. The molecule has 5 amide bonds. The number of primary amides is 1. The highest BCUT2D eigenvalue weighted by Crippen LogP contribution is 2.12. The van der Waals surface area contributed by atoms with Gasteiger partial charge in [-0.3, -0.25) is 14.4 Å². The van der Waals surface area contributed by atoms with E-state index in [1.807, 2.05) is 0 Å². The number of amides is 5. The highest BCUT2D eigenvalue weighted by atomic mass is 16.6. The first-order chi connectivity index (χ1) is 19.1. The zero-order valence-corrected chi connectivity index (χ0v) is 25.6. The van der Waals surface area contributed by atoms with Crippen molar-refractivity contribution < 1.29 is 52.9 Å². The normalized spacial score (nSPS) is 15.0. The van der Waals surface area contributed by atoms with Crippen LogP contribution in [-0.2, 0) is 38.2 Å². The Hall–Kier alpha value is -4.11. The molecular weight excluding hydrogens is 558 g/mol. The van der Waals surface area contributed by atoms with Crippen molar-refractivity contribution in [2.75, 3.05) is 7.11 Å². The average molecular weight is 604 g/mol. The molecule has 0 aliphatic heterocycles. The number of carbonyl (C=O) groups excluding carboxylic acids is 6. The van der Waals surface area contributed by atoms with Crippen LogP contribution in [0, 0.1) is 5.92 Å². The molecule has 0 spiro atoms. The van der Waals surface area contributed by atoms with Crippen molar-refractivity contribution in [2.45, 2.75) is 110 Å². The summed E-state index contributed by atoms with van der Waals surface area (Å²) in [5.41, 5.74) is 3.43. The van der Waals surface area contributed by atoms with Gasteiger partial charge < -0.3 is 46.3 Å². The summed E-state index contributed by atoms with van der Waals surface area (Å²) in [7, 11) is 1.14. The van der Waals surface area contributed by atoms with Crippen molar-refractivity contribution in [3.8, 4) is 0 Å². The predicted molar refractivity (Wildman–Crippen MR) is 148 cm³/mol. The summed E-state index contributed by atoms with van der Waals surface area (Å²) in [5.74, 6) is -6.20. The number of alkyl carbamates (subject to hydrolysis) is 2. The van der Waals surface area contributed by atoms with E-state index in [2.05, 4.69) is 21.3 Å². The van der Waals surface area contributed by atoms with Crippen LogP contribution in [0.2, 0.25) is 0 Å². The lowest BCUT2D eigenvalue weighted by molar-refractivity contribution is -0.145. The van der Waals surface area contributed by atoms with E-state index < -0.39 is 83.1 Å². The number of carbonyl (C=O) groups is 7. The van der Waals surface area contributed by atoms with Gasteiger partial charge in [0, 0.05) is 0 Å². The number of carboxylic acid groups (broad SMARTS) is 1. The maximum atomic E-state index is 13.1. The number of esters is 1. The Bertz CT molecular complexity index is 1000.